The largest absolute Gasteiger partial charge is 0.334 e. The first kappa shape index (κ1) is 15.5. The average molecular weight is 301 g/mol. The Morgan fingerprint density at radius 1 is 1.14 bits per heavy atom. The van der Waals surface area contributed by atoms with E-state index >= 15 is 0 Å². The zero-order chi connectivity index (χ0) is 15.4. The highest BCUT2D eigenvalue weighted by atomic mass is 16.2. The van der Waals surface area contributed by atoms with Crippen LogP contribution in [0.25, 0.3) is 0 Å². The van der Waals surface area contributed by atoms with Crippen LogP contribution in [-0.2, 0) is 6.54 Å². The minimum absolute atomic E-state index is 0.151. The number of carbonyl (C=O) groups is 1. The third kappa shape index (κ3) is 3.50. The van der Waals surface area contributed by atoms with E-state index in [9.17, 15) is 4.79 Å². The van der Waals surface area contributed by atoms with Crippen molar-refractivity contribution in [1.82, 2.24) is 9.80 Å². The molecule has 22 heavy (non-hydrogen) atoms. The van der Waals surface area contributed by atoms with E-state index in [4.69, 9.17) is 5.73 Å². The molecular weight excluding hydrogens is 274 g/mol. The zero-order valence-corrected chi connectivity index (χ0v) is 13.3. The summed E-state index contributed by atoms with van der Waals surface area (Å²) in [6.45, 7) is 4.73. The Hall–Kier alpha value is -1.39. The van der Waals surface area contributed by atoms with E-state index in [-0.39, 0.29) is 11.9 Å². The Kier molecular flexibility index (Phi) is 5.11. The van der Waals surface area contributed by atoms with Crippen molar-refractivity contribution in [2.45, 2.75) is 44.7 Å². The second kappa shape index (κ2) is 7.25. The summed E-state index contributed by atoms with van der Waals surface area (Å²) < 4.78 is 0. The van der Waals surface area contributed by atoms with Crippen molar-refractivity contribution < 1.29 is 4.79 Å². The van der Waals surface area contributed by atoms with Gasteiger partial charge in [0, 0.05) is 31.2 Å². The van der Waals surface area contributed by atoms with Gasteiger partial charge in [0.05, 0.1) is 0 Å². The van der Waals surface area contributed by atoms with Crippen LogP contribution in [0.4, 0.5) is 0 Å². The summed E-state index contributed by atoms with van der Waals surface area (Å²) in [5.41, 5.74) is 7.91. The van der Waals surface area contributed by atoms with Crippen LogP contribution in [0.5, 0.6) is 0 Å². The van der Waals surface area contributed by atoms with Crippen LogP contribution in [0.3, 0.4) is 0 Å². The summed E-state index contributed by atoms with van der Waals surface area (Å²) in [5, 5.41) is 0. The standard InChI is InChI=1S/C18H27N3O/c19-13-17-8-1-2-11-21(17)18(22)16-7-5-6-15(12-16)14-20-9-3-4-10-20/h5-7,12,17H,1-4,8-11,13-14,19H2. The molecule has 2 heterocycles. The van der Waals surface area contributed by atoms with Crippen LogP contribution in [0.2, 0.25) is 0 Å². The van der Waals surface area contributed by atoms with Gasteiger partial charge in [-0.1, -0.05) is 12.1 Å². The number of hydrogen-bond acceptors (Lipinski definition) is 3. The number of hydrogen-bond donors (Lipinski definition) is 1. The number of piperidine rings is 1. The zero-order valence-electron chi connectivity index (χ0n) is 13.3. The summed E-state index contributed by atoms with van der Waals surface area (Å²) in [5.74, 6) is 0.151. The molecule has 0 radical (unpaired) electrons. The molecule has 0 aromatic heterocycles. The Morgan fingerprint density at radius 2 is 1.91 bits per heavy atom. The molecule has 1 atom stereocenters. The third-order valence-corrected chi connectivity index (χ3v) is 4.94. The topological polar surface area (TPSA) is 49.6 Å². The molecule has 2 N–H and O–H groups in total. The highest BCUT2D eigenvalue weighted by Crippen LogP contribution is 2.20. The van der Waals surface area contributed by atoms with Gasteiger partial charge in [-0.25, -0.2) is 0 Å². The van der Waals surface area contributed by atoms with Crippen LogP contribution in [0.1, 0.15) is 48.0 Å². The number of nitrogens with zero attached hydrogens (tertiary/aromatic N) is 2. The molecule has 2 saturated heterocycles. The van der Waals surface area contributed by atoms with Crippen molar-refractivity contribution in [2.24, 2.45) is 5.73 Å². The van der Waals surface area contributed by atoms with Gasteiger partial charge in [0.25, 0.3) is 5.91 Å². The number of amides is 1. The van der Waals surface area contributed by atoms with Crippen molar-refractivity contribution in [3.05, 3.63) is 35.4 Å². The van der Waals surface area contributed by atoms with E-state index < -0.39 is 0 Å². The summed E-state index contributed by atoms with van der Waals surface area (Å²) in [6.07, 6.45) is 5.90. The normalized spacial score (nSPS) is 23.0. The van der Waals surface area contributed by atoms with Crippen molar-refractivity contribution in [2.75, 3.05) is 26.2 Å². The molecule has 4 heteroatoms. The number of likely N-dealkylation sites (tertiary alicyclic amines) is 2. The van der Waals surface area contributed by atoms with Gasteiger partial charge in [0.2, 0.25) is 0 Å². The van der Waals surface area contributed by atoms with E-state index in [1.165, 1.54) is 37.9 Å². The van der Waals surface area contributed by atoms with Gasteiger partial charge in [-0.3, -0.25) is 9.69 Å². The van der Waals surface area contributed by atoms with E-state index in [1.54, 1.807) is 0 Å². The first-order valence-corrected chi connectivity index (χ1v) is 8.60. The SMILES string of the molecule is NCC1CCCCN1C(=O)c1cccc(CN2CCCC2)c1. The van der Waals surface area contributed by atoms with Crippen molar-refractivity contribution >= 4 is 5.91 Å². The van der Waals surface area contributed by atoms with Gasteiger partial charge >= 0.3 is 0 Å². The van der Waals surface area contributed by atoms with Crippen LogP contribution in [-0.4, -0.2) is 47.9 Å². The van der Waals surface area contributed by atoms with Crippen LogP contribution >= 0.6 is 0 Å². The van der Waals surface area contributed by atoms with Crippen molar-refractivity contribution in [3.8, 4) is 0 Å². The smallest absolute Gasteiger partial charge is 0.254 e. The van der Waals surface area contributed by atoms with E-state index in [0.717, 1.165) is 31.5 Å². The molecule has 2 aliphatic rings. The lowest BCUT2D eigenvalue weighted by molar-refractivity contribution is 0.0623. The molecule has 0 saturated carbocycles. The fraction of sp³-hybridized carbons (Fsp3) is 0.611. The molecule has 2 aliphatic heterocycles. The van der Waals surface area contributed by atoms with Crippen LogP contribution < -0.4 is 5.73 Å². The molecule has 0 aliphatic carbocycles. The van der Waals surface area contributed by atoms with Gasteiger partial charge in [-0.05, 0) is 62.9 Å². The van der Waals surface area contributed by atoms with Gasteiger partial charge in [-0.2, -0.15) is 0 Å². The number of carbonyl (C=O) groups excluding carboxylic acids is 1. The molecule has 0 bridgehead atoms. The second-order valence-electron chi connectivity index (χ2n) is 6.57. The maximum Gasteiger partial charge on any atom is 0.254 e. The molecule has 1 aromatic rings. The Balaban J connectivity index is 1.71. The first-order valence-electron chi connectivity index (χ1n) is 8.60. The minimum atomic E-state index is 0.151. The second-order valence-corrected chi connectivity index (χ2v) is 6.57. The van der Waals surface area contributed by atoms with E-state index in [1.807, 2.05) is 17.0 Å². The van der Waals surface area contributed by atoms with Crippen LogP contribution in [0.15, 0.2) is 24.3 Å². The number of rotatable bonds is 4. The fourth-order valence-electron chi connectivity index (χ4n) is 3.68. The van der Waals surface area contributed by atoms with Crippen LogP contribution in [0, 0.1) is 0 Å². The Labute approximate surface area is 133 Å². The summed E-state index contributed by atoms with van der Waals surface area (Å²) in [6, 6.07) is 8.37. The van der Waals surface area contributed by atoms with Crippen molar-refractivity contribution in [1.29, 1.82) is 0 Å². The molecule has 0 spiro atoms. The van der Waals surface area contributed by atoms with E-state index in [2.05, 4.69) is 17.0 Å². The quantitative estimate of drug-likeness (QED) is 0.928. The summed E-state index contributed by atoms with van der Waals surface area (Å²) >= 11 is 0. The van der Waals surface area contributed by atoms with Gasteiger partial charge in [0.15, 0.2) is 0 Å². The summed E-state index contributed by atoms with van der Waals surface area (Å²) in [7, 11) is 0. The first-order chi connectivity index (χ1) is 10.8. The minimum Gasteiger partial charge on any atom is -0.334 e. The van der Waals surface area contributed by atoms with Gasteiger partial charge < -0.3 is 10.6 Å². The lowest BCUT2D eigenvalue weighted by Crippen LogP contribution is -2.47. The van der Waals surface area contributed by atoms with Gasteiger partial charge in [0.1, 0.15) is 0 Å². The third-order valence-electron chi connectivity index (χ3n) is 4.94. The predicted molar refractivity (Wildman–Crippen MR) is 88.7 cm³/mol. The Bertz CT molecular complexity index is 511. The summed E-state index contributed by atoms with van der Waals surface area (Å²) in [4.78, 5) is 17.3. The molecule has 2 fully saturated rings. The molecule has 1 amide bonds. The Morgan fingerprint density at radius 3 is 2.68 bits per heavy atom. The maximum atomic E-state index is 12.8. The molecule has 1 unspecified atom stereocenters. The lowest BCUT2D eigenvalue weighted by Gasteiger charge is -2.35. The highest BCUT2D eigenvalue weighted by molar-refractivity contribution is 5.94. The molecule has 4 nitrogen and oxygen atoms in total. The molecular formula is C18H27N3O. The molecule has 120 valence electrons. The molecule has 1 aromatic carbocycles. The highest BCUT2D eigenvalue weighted by Gasteiger charge is 2.26. The van der Waals surface area contributed by atoms with E-state index in [0.29, 0.717) is 6.54 Å². The van der Waals surface area contributed by atoms with Gasteiger partial charge in [-0.15, -0.1) is 0 Å². The monoisotopic (exact) mass is 301 g/mol. The number of nitrogens with two attached hydrogens (primary N) is 1. The average Bonchev–Trinajstić information content (AvgIpc) is 3.07. The lowest BCUT2D eigenvalue weighted by atomic mass is 10.0. The molecule has 3 rings (SSSR count). The predicted octanol–water partition coefficient (Wildman–Crippen LogP) is 2.24. The fourth-order valence-corrected chi connectivity index (χ4v) is 3.68. The maximum absolute atomic E-state index is 12.8. The number of benzene rings is 1. The van der Waals surface area contributed by atoms with Crippen molar-refractivity contribution in [3.63, 3.8) is 0 Å².